The molecule has 0 atom stereocenters. The second-order valence-corrected chi connectivity index (χ2v) is 7.67. The number of carbonyl (C=O) groups is 2. The third-order valence-electron chi connectivity index (χ3n) is 4.44. The Morgan fingerprint density at radius 2 is 1.67 bits per heavy atom. The Bertz CT molecular complexity index is 1070. The molecule has 0 spiro atoms. The smallest absolute Gasteiger partial charge is 0.275 e. The number of benzene rings is 2. The molecule has 0 saturated heterocycles. The molecule has 3 aromatic rings. The first-order valence-electron chi connectivity index (χ1n) is 9.15. The molecule has 0 aliphatic rings. The highest BCUT2D eigenvalue weighted by molar-refractivity contribution is 7.13. The first kappa shape index (κ1) is 21.3. The Balaban J connectivity index is 1.92. The SMILES string of the molecule is COc1cc(NC(=O)c2csc(-c3ccc(C)cc3)n2)c(C(=O)N(C)C)cc1OC. The molecule has 0 aliphatic carbocycles. The summed E-state index contributed by atoms with van der Waals surface area (Å²) in [5, 5.41) is 5.23. The number of methoxy groups -OCH3 is 2. The Morgan fingerprint density at radius 3 is 2.27 bits per heavy atom. The lowest BCUT2D eigenvalue weighted by Crippen LogP contribution is -2.24. The zero-order valence-electron chi connectivity index (χ0n) is 17.5. The van der Waals surface area contributed by atoms with E-state index in [0.717, 1.165) is 16.1 Å². The van der Waals surface area contributed by atoms with Crippen molar-refractivity contribution >= 4 is 28.8 Å². The van der Waals surface area contributed by atoms with E-state index in [0.29, 0.717) is 22.7 Å². The van der Waals surface area contributed by atoms with E-state index in [-0.39, 0.29) is 11.6 Å². The second kappa shape index (κ2) is 8.96. The van der Waals surface area contributed by atoms with Gasteiger partial charge < -0.3 is 19.7 Å². The quantitative estimate of drug-likeness (QED) is 0.643. The van der Waals surface area contributed by atoms with Crippen LogP contribution < -0.4 is 14.8 Å². The summed E-state index contributed by atoms with van der Waals surface area (Å²) in [6.45, 7) is 2.01. The van der Waals surface area contributed by atoms with E-state index < -0.39 is 5.91 Å². The topological polar surface area (TPSA) is 80.8 Å². The molecule has 30 heavy (non-hydrogen) atoms. The van der Waals surface area contributed by atoms with Gasteiger partial charge in [0.1, 0.15) is 10.7 Å². The summed E-state index contributed by atoms with van der Waals surface area (Å²) in [5.74, 6) is 0.118. The summed E-state index contributed by atoms with van der Waals surface area (Å²) >= 11 is 1.38. The number of thiazole rings is 1. The van der Waals surface area contributed by atoms with Crippen molar-refractivity contribution in [2.24, 2.45) is 0 Å². The summed E-state index contributed by atoms with van der Waals surface area (Å²) in [6.07, 6.45) is 0. The third kappa shape index (κ3) is 4.44. The highest BCUT2D eigenvalue weighted by atomic mass is 32.1. The van der Waals surface area contributed by atoms with Crippen LogP contribution in [0.25, 0.3) is 10.6 Å². The molecule has 3 rings (SSSR count). The molecule has 0 radical (unpaired) electrons. The number of nitrogens with zero attached hydrogens (tertiary/aromatic N) is 2. The predicted molar refractivity (Wildman–Crippen MR) is 118 cm³/mol. The van der Waals surface area contributed by atoms with Gasteiger partial charge in [-0.25, -0.2) is 4.98 Å². The molecule has 1 heterocycles. The molecule has 8 heteroatoms. The van der Waals surface area contributed by atoms with Crippen molar-refractivity contribution in [3.05, 3.63) is 58.6 Å². The van der Waals surface area contributed by atoms with Crippen LogP contribution in [0.4, 0.5) is 5.69 Å². The zero-order valence-corrected chi connectivity index (χ0v) is 18.3. The number of rotatable bonds is 6. The van der Waals surface area contributed by atoms with Gasteiger partial charge in [0.05, 0.1) is 25.5 Å². The molecular weight excluding hydrogens is 402 g/mol. The zero-order chi connectivity index (χ0) is 21.8. The maximum absolute atomic E-state index is 12.8. The van der Waals surface area contributed by atoms with Crippen molar-refractivity contribution < 1.29 is 19.1 Å². The largest absolute Gasteiger partial charge is 0.493 e. The fraction of sp³-hybridized carbons (Fsp3) is 0.227. The van der Waals surface area contributed by atoms with E-state index in [2.05, 4.69) is 10.3 Å². The highest BCUT2D eigenvalue weighted by Gasteiger charge is 2.21. The third-order valence-corrected chi connectivity index (χ3v) is 5.34. The number of anilines is 1. The van der Waals surface area contributed by atoms with Gasteiger partial charge in [-0.15, -0.1) is 11.3 Å². The molecule has 0 saturated carbocycles. The minimum absolute atomic E-state index is 0.272. The van der Waals surface area contributed by atoms with Crippen LogP contribution in [-0.4, -0.2) is 50.0 Å². The molecule has 2 amide bonds. The normalized spacial score (nSPS) is 10.4. The fourth-order valence-corrected chi connectivity index (χ4v) is 3.60. The highest BCUT2D eigenvalue weighted by Crippen LogP contribution is 2.34. The average Bonchev–Trinajstić information content (AvgIpc) is 3.23. The molecule has 2 aromatic carbocycles. The number of carbonyl (C=O) groups excluding carboxylic acids is 2. The average molecular weight is 426 g/mol. The Labute approximate surface area is 179 Å². The Hall–Kier alpha value is -3.39. The molecule has 1 N–H and O–H groups in total. The van der Waals surface area contributed by atoms with Crippen LogP contribution in [0.2, 0.25) is 0 Å². The number of hydrogen-bond donors (Lipinski definition) is 1. The predicted octanol–water partition coefficient (Wildman–Crippen LogP) is 4.09. The first-order chi connectivity index (χ1) is 14.3. The van der Waals surface area contributed by atoms with Crippen molar-refractivity contribution in [3.63, 3.8) is 0 Å². The minimum Gasteiger partial charge on any atom is -0.493 e. The van der Waals surface area contributed by atoms with Crippen molar-refractivity contribution in [1.82, 2.24) is 9.88 Å². The minimum atomic E-state index is -0.412. The van der Waals surface area contributed by atoms with Crippen LogP contribution in [0.15, 0.2) is 41.8 Å². The van der Waals surface area contributed by atoms with E-state index in [1.165, 1.54) is 30.5 Å². The lowest BCUT2D eigenvalue weighted by Gasteiger charge is -2.17. The van der Waals surface area contributed by atoms with Crippen LogP contribution >= 0.6 is 11.3 Å². The Morgan fingerprint density at radius 1 is 1.03 bits per heavy atom. The van der Waals surface area contributed by atoms with E-state index in [1.54, 1.807) is 31.6 Å². The summed E-state index contributed by atoms with van der Waals surface area (Å²) in [5.41, 5.74) is 2.98. The lowest BCUT2D eigenvalue weighted by atomic mass is 10.1. The number of amides is 2. The number of ether oxygens (including phenoxy) is 2. The van der Waals surface area contributed by atoms with Crippen LogP contribution in [0.1, 0.15) is 26.4 Å². The number of nitrogens with one attached hydrogen (secondary N) is 1. The van der Waals surface area contributed by atoms with E-state index in [4.69, 9.17) is 9.47 Å². The maximum Gasteiger partial charge on any atom is 0.275 e. The van der Waals surface area contributed by atoms with Gasteiger partial charge in [0.15, 0.2) is 11.5 Å². The second-order valence-electron chi connectivity index (χ2n) is 6.81. The van der Waals surface area contributed by atoms with Crippen molar-refractivity contribution in [3.8, 4) is 22.1 Å². The number of aryl methyl sites for hydroxylation is 1. The molecule has 0 unspecified atom stereocenters. The summed E-state index contributed by atoms with van der Waals surface area (Å²) in [4.78, 5) is 31.4. The van der Waals surface area contributed by atoms with Crippen molar-refractivity contribution in [1.29, 1.82) is 0 Å². The molecule has 1 aromatic heterocycles. The molecular formula is C22H23N3O4S. The van der Waals surface area contributed by atoms with E-state index in [9.17, 15) is 9.59 Å². The van der Waals surface area contributed by atoms with Crippen LogP contribution in [0.5, 0.6) is 11.5 Å². The monoisotopic (exact) mass is 425 g/mol. The van der Waals surface area contributed by atoms with Gasteiger partial charge in [0, 0.05) is 31.1 Å². The Kier molecular flexibility index (Phi) is 6.37. The van der Waals surface area contributed by atoms with Crippen LogP contribution in [-0.2, 0) is 0 Å². The van der Waals surface area contributed by atoms with E-state index >= 15 is 0 Å². The van der Waals surface area contributed by atoms with Crippen molar-refractivity contribution in [2.75, 3.05) is 33.6 Å². The molecule has 0 bridgehead atoms. The van der Waals surface area contributed by atoms with Gasteiger partial charge in [0.2, 0.25) is 0 Å². The summed E-state index contributed by atoms with van der Waals surface area (Å²) < 4.78 is 10.6. The lowest BCUT2D eigenvalue weighted by molar-refractivity contribution is 0.0828. The molecule has 0 fully saturated rings. The molecule has 156 valence electrons. The van der Waals surface area contributed by atoms with Gasteiger partial charge in [0.25, 0.3) is 11.8 Å². The van der Waals surface area contributed by atoms with Gasteiger partial charge in [-0.3, -0.25) is 9.59 Å². The maximum atomic E-state index is 12.8. The number of aromatic nitrogens is 1. The van der Waals surface area contributed by atoms with Crippen LogP contribution in [0.3, 0.4) is 0 Å². The van der Waals surface area contributed by atoms with Crippen LogP contribution in [0, 0.1) is 6.92 Å². The number of hydrogen-bond acceptors (Lipinski definition) is 6. The van der Waals surface area contributed by atoms with Gasteiger partial charge in [-0.05, 0) is 13.0 Å². The van der Waals surface area contributed by atoms with E-state index in [1.807, 2.05) is 31.2 Å². The summed E-state index contributed by atoms with van der Waals surface area (Å²) in [6, 6.07) is 11.1. The van der Waals surface area contributed by atoms with Gasteiger partial charge in [-0.2, -0.15) is 0 Å². The standard InChI is InChI=1S/C22H23N3O4S/c1-13-6-8-14(9-7-13)21-24-17(12-30-21)20(26)23-16-11-19(29-5)18(28-4)10-15(16)22(27)25(2)3/h6-12H,1-5H3,(H,23,26). The van der Waals surface area contributed by atoms with Crippen molar-refractivity contribution in [2.45, 2.75) is 6.92 Å². The summed E-state index contributed by atoms with van der Waals surface area (Å²) in [7, 11) is 6.25. The van der Waals surface area contributed by atoms with Gasteiger partial charge in [-0.1, -0.05) is 29.8 Å². The molecule has 7 nitrogen and oxygen atoms in total. The molecule has 0 aliphatic heterocycles. The fourth-order valence-electron chi connectivity index (χ4n) is 2.79. The first-order valence-corrected chi connectivity index (χ1v) is 10.0. The van der Waals surface area contributed by atoms with Gasteiger partial charge >= 0.3 is 0 Å².